The first-order valence-corrected chi connectivity index (χ1v) is 6.71. The highest BCUT2D eigenvalue weighted by Gasteiger charge is 2.21. The molecule has 1 aliphatic heterocycles. The Bertz CT molecular complexity index is 705. The molecule has 2 aromatic rings. The number of nitrogens with zero attached hydrogens (tertiary/aromatic N) is 3. The summed E-state index contributed by atoms with van der Waals surface area (Å²) >= 11 is 5.24. The molecule has 0 aliphatic carbocycles. The number of hydrogen-bond acceptors (Lipinski definition) is 5. The number of hydrogen-bond donors (Lipinski definition) is 1. The standard InChI is InChI=1S/C14H11FN4OS/c15-10-3-7-17-12-11(4-8-20-13(10)12)18-19-14(21)9-1-5-16-6-2-9/h1-3,5-7H,4,8H2,(H,19,21)/b18-11-. The summed E-state index contributed by atoms with van der Waals surface area (Å²) in [5.74, 6) is -0.303. The Morgan fingerprint density at radius 2 is 2.10 bits per heavy atom. The molecule has 106 valence electrons. The quantitative estimate of drug-likeness (QED) is 0.680. The van der Waals surface area contributed by atoms with E-state index in [9.17, 15) is 4.39 Å². The minimum Gasteiger partial charge on any atom is -0.488 e. The average molecular weight is 302 g/mol. The maximum atomic E-state index is 13.6. The Morgan fingerprint density at radius 3 is 2.90 bits per heavy atom. The number of thiocarbonyl (C=S) groups is 1. The van der Waals surface area contributed by atoms with Gasteiger partial charge in [-0.15, -0.1) is 0 Å². The van der Waals surface area contributed by atoms with E-state index in [0.717, 1.165) is 5.56 Å². The van der Waals surface area contributed by atoms with Crippen LogP contribution in [0.5, 0.6) is 5.75 Å². The molecule has 7 heteroatoms. The third-order valence-corrected chi connectivity index (χ3v) is 3.28. The lowest BCUT2D eigenvalue weighted by atomic mass is 10.1. The molecule has 0 fully saturated rings. The van der Waals surface area contributed by atoms with Gasteiger partial charge in [0.25, 0.3) is 0 Å². The SMILES string of the molecule is Fc1ccnc2c1OCC/C2=N/NC(=S)c1ccncc1. The highest BCUT2D eigenvalue weighted by Crippen LogP contribution is 2.25. The van der Waals surface area contributed by atoms with Gasteiger partial charge in [0, 0.05) is 30.6 Å². The van der Waals surface area contributed by atoms with Crippen LogP contribution in [0.3, 0.4) is 0 Å². The van der Waals surface area contributed by atoms with Gasteiger partial charge in [-0.05, 0) is 18.2 Å². The lowest BCUT2D eigenvalue weighted by Gasteiger charge is -2.18. The van der Waals surface area contributed by atoms with Gasteiger partial charge in [0.1, 0.15) is 10.7 Å². The summed E-state index contributed by atoms with van der Waals surface area (Å²) < 4.78 is 18.9. The largest absolute Gasteiger partial charge is 0.488 e. The van der Waals surface area contributed by atoms with Gasteiger partial charge in [-0.2, -0.15) is 5.10 Å². The smallest absolute Gasteiger partial charge is 0.182 e. The summed E-state index contributed by atoms with van der Waals surface area (Å²) in [6.45, 7) is 0.359. The van der Waals surface area contributed by atoms with E-state index in [4.69, 9.17) is 17.0 Å². The molecule has 1 N–H and O–H groups in total. The average Bonchev–Trinajstić information content (AvgIpc) is 2.54. The molecular formula is C14H11FN4OS. The third kappa shape index (κ3) is 2.87. The van der Waals surface area contributed by atoms with Gasteiger partial charge in [-0.25, -0.2) is 4.39 Å². The zero-order chi connectivity index (χ0) is 14.7. The number of ether oxygens (including phenoxy) is 1. The lowest BCUT2D eigenvalue weighted by Crippen LogP contribution is -2.24. The van der Waals surface area contributed by atoms with Crippen molar-refractivity contribution in [2.75, 3.05) is 6.61 Å². The maximum Gasteiger partial charge on any atom is 0.182 e. The van der Waals surface area contributed by atoms with Crippen LogP contribution in [0.1, 0.15) is 17.7 Å². The van der Waals surface area contributed by atoms with Crippen LogP contribution < -0.4 is 10.2 Å². The van der Waals surface area contributed by atoms with Crippen LogP contribution in [0.25, 0.3) is 0 Å². The second-order valence-electron chi connectivity index (χ2n) is 4.30. The molecule has 0 atom stereocenters. The molecule has 0 aromatic carbocycles. The fraction of sp³-hybridized carbons (Fsp3) is 0.143. The number of hydrazone groups is 1. The van der Waals surface area contributed by atoms with Crippen molar-refractivity contribution in [1.82, 2.24) is 15.4 Å². The summed E-state index contributed by atoms with van der Waals surface area (Å²) in [4.78, 5) is 8.52. The van der Waals surface area contributed by atoms with Gasteiger partial charge >= 0.3 is 0 Å². The first-order chi connectivity index (χ1) is 10.3. The molecule has 1 aliphatic rings. The highest BCUT2D eigenvalue weighted by atomic mass is 32.1. The minimum absolute atomic E-state index is 0.138. The van der Waals surface area contributed by atoms with Gasteiger partial charge in [0.2, 0.25) is 0 Å². The van der Waals surface area contributed by atoms with E-state index in [1.54, 1.807) is 24.5 Å². The number of halogens is 1. The van der Waals surface area contributed by atoms with Crippen molar-refractivity contribution in [3.05, 3.63) is 53.9 Å². The van der Waals surface area contributed by atoms with Crippen molar-refractivity contribution < 1.29 is 9.13 Å². The van der Waals surface area contributed by atoms with E-state index >= 15 is 0 Å². The van der Waals surface area contributed by atoms with Crippen LogP contribution in [0.4, 0.5) is 4.39 Å². The molecule has 0 radical (unpaired) electrons. The Kier molecular flexibility index (Phi) is 3.83. The topological polar surface area (TPSA) is 59.4 Å². The second kappa shape index (κ2) is 5.92. The van der Waals surface area contributed by atoms with Crippen LogP contribution in [0.15, 0.2) is 41.9 Å². The van der Waals surface area contributed by atoms with Crippen molar-refractivity contribution in [2.24, 2.45) is 5.10 Å². The predicted molar refractivity (Wildman–Crippen MR) is 79.9 cm³/mol. The third-order valence-electron chi connectivity index (χ3n) is 2.95. The normalized spacial score (nSPS) is 15.2. The van der Waals surface area contributed by atoms with Crippen molar-refractivity contribution in [3.8, 4) is 5.75 Å². The molecule has 2 aromatic heterocycles. The van der Waals surface area contributed by atoms with Crippen molar-refractivity contribution in [3.63, 3.8) is 0 Å². The highest BCUT2D eigenvalue weighted by molar-refractivity contribution is 7.80. The summed E-state index contributed by atoms with van der Waals surface area (Å²) in [6.07, 6.45) is 5.23. The van der Waals surface area contributed by atoms with Crippen LogP contribution >= 0.6 is 12.2 Å². The van der Waals surface area contributed by atoms with E-state index in [0.29, 0.717) is 29.4 Å². The van der Waals surface area contributed by atoms with E-state index in [-0.39, 0.29) is 5.75 Å². The number of rotatable bonds is 2. The summed E-state index contributed by atoms with van der Waals surface area (Å²) in [5.41, 5.74) is 4.64. The van der Waals surface area contributed by atoms with Gasteiger partial charge in [0.15, 0.2) is 11.6 Å². The zero-order valence-electron chi connectivity index (χ0n) is 10.9. The molecule has 0 saturated carbocycles. The Labute approximate surface area is 125 Å². The molecule has 5 nitrogen and oxygen atoms in total. The number of aromatic nitrogens is 2. The van der Waals surface area contributed by atoms with Crippen LogP contribution in [-0.4, -0.2) is 27.3 Å². The van der Waals surface area contributed by atoms with Gasteiger partial charge in [0.05, 0.1) is 12.3 Å². The fourth-order valence-corrected chi connectivity index (χ4v) is 2.11. The first kappa shape index (κ1) is 13.6. The Morgan fingerprint density at radius 1 is 1.29 bits per heavy atom. The molecule has 0 saturated heterocycles. The van der Waals surface area contributed by atoms with Gasteiger partial charge in [-0.1, -0.05) is 12.2 Å². The summed E-state index contributed by atoms with van der Waals surface area (Å²) in [7, 11) is 0. The number of nitrogens with one attached hydrogen (secondary N) is 1. The summed E-state index contributed by atoms with van der Waals surface area (Å²) in [6, 6.07) is 4.83. The van der Waals surface area contributed by atoms with E-state index < -0.39 is 5.82 Å². The molecule has 3 heterocycles. The lowest BCUT2D eigenvalue weighted by molar-refractivity contribution is 0.300. The maximum absolute atomic E-state index is 13.6. The second-order valence-corrected chi connectivity index (χ2v) is 4.71. The van der Waals surface area contributed by atoms with Crippen LogP contribution in [0.2, 0.25) is 0 Å². The van der Waals surface area contributed by atoms with E-state index in [1.165, 1.54) is 12.3 Å². The van der Waals surface area contributed by atoms with Crippen molar-refractivity contribution in [2.45, 2.75) is 6.42 Å². The van der Waals surface area contributed by atoms with Crippen LogP contribution in [0, 0.1) is 5.82 Å². The Balaban J connectivity index is 1.83. The van der Waals surface area contributed by atoms with E-state index in [2.05, 4.69) is 20.5 Å². The molecule has 0 amide bonds. The molecule has 0 bridgehead atoms. The minimum atomic E-state index is -0.441. The zero-order valence-corrected chi connectivity index (χ0v) is 11.7. The summed E-state index contributed by atoms with van der Waals surface area (Å²) in [5, 5.41) is 4.24. The first-order valence-electron chi connectivity index (χ1n) is 6.30. The fourth-order valence-electron chi connectivity index (χ4n) is 1.93. The molecule has 3 rings (SSSR count). The van der Waals surface area contributed by atoms with Crippen molar-refractivity contribution in [1.29, 1.82) is 0 Å². The monoisotopic (exact) mass is 302 g/mol. The van der Waals surface area contributed by atoms with Crippen molar-refractivity contribution >= 4 is 22.9 Å². The van der Waals surface area contributed by atoms with Gasteiger partial charge in [-0.3, -0.25) is 15.4 Å². The van der Waals surface area contributed by atoms with Gasteiger partial charge < -0.3 is 4.74 Å². The van der Waals surface area contributed by atoms with E-state index in [1.807, 2.05) is 0 Å². The molecular weight excluding hydrogens is 291 g/mol. The molecule has 0 unspecified atom stereocenters. The predicted octanol–water partition coefficient (Wildman–Crippen LogP) is 2.07. The molecule has 21 heavy (non-hydrogen) atoms. The Hall–Kier alpha value is -2.41. The number of fused-ring (bicyclic) bond motifs is 1. The van der Waals surface area contributed by atoms with Crippen LogP contribution in [-0.2, 0) is 0 Å². The number of pyridine rings is 2. The molecule has 0 spiro atoms.